The monoisotopic (exact) mass is 278 g/mol. The maximum Gasteiger partial charge on any atom is 0.346 e. The van der Waals surface area contributed by atoms with Gasteiger partial charge in [-0.2, -0.15) is 0 Å². The van der Waals surface area contributed by atoms with Gasteiger partial charge in [0.15, 0.2) is 11.5 Å². The van der Waals surface area contributed by atoms with E-state index in [1.165, 1.54) is 12.1 Å². The molecule has 6 heteroatoms. The highest BCUT2D eigenvalue weighted by atomic mass is 19.1. The van der Waals surface area contributed by atoms with Crippen LogP contribution in [0.25, 0.3) is 0 Å². The largest absolute Gasteiger partial charge is 0.454 e. The number of hydrogen-bond donors (Lipinski definition) is 0. The van der Waals surface area contributed by atoms with Gasteiger partial charge in [0.25, 0.3) is 0 Å². The average molecular weight is 278 g/mol. The van der Waals surface area contributed by atoms with Crippen LogP contribution in [0.3, 0.4) is 0 Å². The molecule has 4 nitrogen and oxygen atoms in total. The molecule has 0 amide bonds. The Balaban J connectivity index is 1.82. The Bertz CT molecular complexity index is 685. The molecule has 1 heterocycles. The van der Waals surface area contributed by atoms with Crippen molar-refractivity contribution < 1.29 is 27.8 Å². The molecule has 0 saturated carbocycles. The van der Waals surface area contributed by atoms with Crippen LogP contribution in [-0.2, 0) is 0 Å². The van der Waals surface area contributed by atoms with Crippen molar-refractivity contribution in [2.45, 2.75) is 0 Å². The molecule has 0 unspecified atom stereocenters. The number of halogens is 2. The van der Waals surface area contributed by atoms with E-state index in [2.05, 4.69) is 0 Å². The van der Waals surface area contributed by atoms with Crippen LogP contribution in [0, 0.1) is 11.6 Å². The number of fused-ring (bicyclic) bond motifs is 1. The predicted molar refractivity (Wildman–Crippen MR) is 63.9 cm³/mol. The lowest BCUT2D eigenvalue weighted by Crippen LogP contribution is -2.10. The van der Waals surface area contributed by atoms with E-state index in [0.717, 1.165) is 12.1 Å². The summed E-state index contributed by atoms with van der Waals surface area (Å²) < 4.78 is 41.5. The van der Waals surface area contributed by atoms with Gasteiger partial charge in [-0.1, -0.05) is 0 Å². The van der Waals surface area contributed by atoms with Gasteiger partial charge in [0.1, 0.15) is 17.4 Å². The molecule has 0 bridgehead atoms. The van der Waals surface area contributed by atoms with Crippen LogP contribution in [0.4, 0.5) is 8.78 Å². The summed E-state index contributed by atoms with van der Waals surface area (Å²) in [4.78, 5) is 11.8. The van der Waals surface area contributed by atoms with E-state index >= 15 is 0 Å². The molecule has 0 radical (unpaired) electrons. The van der Waals surface area contributed by atoms with Crippen molar-refractivity contribution in [3.8, 4) is 17.2 Å². The van der Waals surface area contributed by atoms with Crippen molar-refractivity contribution in [3.05, 3.63) is 53.6 Å². The SMILES string of the molecule is O=C(Oc1ccc2c(c1)OCO2)c1ccc(F)cc1F. The standard InChI is InChI=1S/C14H8F2O4/c15-8-1-3-10(11(16)5-8)14(17)20-9-2-4-12-13(6-9)19-7-18-12/h1-6H,7H2. The zero-order valence-corrected chi connectivity index (χ0v) is 10.1. The maximum absolute atomic E-state index is 13.4. The fraction of sp³-hybridized carbons (Fsp3) is 0.0714. The third-order valence-corrected chi connectivity index (χ3v) is 2.71. The number of benzene rings is 2. The number of esters is 1. The van der Waals surface area contributed by atoms with Crippen molar-refractivity contribution in [3.63, 3.8) is 0 Å². The highest BCUT2D eigenvalue weighted by Gasteiger charge is 2.18. The minimum absolute atomic E-state index is 0.0966. The van der Waals surface area contributed by atoms with Crippen LogP contribution in [0.1, 0.15) is 10.4 Å². The van der Waals surface area contributed by atoms with Crippen molar-refractivity contribution in [2.24, 2.45) is 0 Å². The number of hydrogen-bond acceptors (Lipinski definition) is 4. The first-order chi connectivity index (χ1) is 9.63. The lowest BCUT2D eigenvalue weighted by Gasteiger charge is -2.06. The van der Waals surface area contributed by atoms with E-state index < -0.39 is 17.6 Å². The molecule has 102 valence electrons. The topological polar surface area (TPSA) is 44.8 Å². The first-order valence-corrected chi connectivity index (χ1v) is 5.70. The maximum atomic E-state index is 13.4. The normalized spacial score (nSPS) is 12.3. The third-order valence-electron chi connectivity index (χ3n) is 2.71. The molecule has 1 aliphatic heterocycles. The summed E-state index contributed by atoms with van der Waals surface area (Å²) in [6.07, 6.45) is 0. The van der Waals surface area contributed by atoms with Gasteiger partial charge >= 0.3 is 5.97 Å². The Morgan fingerprint density at radius 2 is 1.85 bits per heavy atom. The molecule has 0 aliphatic carbocycles. The van der Waals surface area contributed by atoms with E-state index in [0.29, 0.717) is 17.6 Å². The van der Waals surface area contributed by atoms with E-state index in [4.69, 9.17) is 14.2 Å². The van der Waals surface area contributed by atoms with Gasteiger partial charge in [0.05, 0.1) is 5.56 Å². The van der Waals surface area contributed by atoms with E-state index in [-0.39, 0.29) is 18.1 Å². The molecule has 2 aromatic carbocycles. The van der Waals surface area contributed by atoms with Crippen LogP contribution in [0.15, 0.2) is 36.4 Å². The van der Waals surface area contributed by atoms with Crippen LogP contribution in [-0.4, -0.2) is 12.8 Å². The lowest BCUT2D eigenvalue weighted by molar-refractivity contribution is 0.0729. The summed E-state index contributed by atoms with van der Waals surface area (Å²) in [6.45, 7) is 0.0966. The summed E-state index contributed by atoms with van der Waals surface area (Å²) >= 11 is 0. The summed E-state index contributed by atoms with van der Waals surface area (Å²) in [5.41, 5.74) is -0.343. The first-order valence-electron chi connectivity index (χ1n) is 5.70. The molecule has 0 spiro atoms. The Morgan fingerprint density at radius 1 is 1.05 bits per heavy atom. The molecule has 0 atom stereocenters. The number of ether oxygens (including phenoxy) is 3. The molecule has 20 heavy (non-hydrogen) atoms. The van der Waals surface area contributed by atoms with Crippen LogP contribution in [0.2, 0.25) is 0 Å². The molecule has 1 aliphatic rings. The number of carbonyl (C=O) groups excluding carboxylic acids is 1. The van der Waals surface area contributed by atoms with Gasteiger partial charge in [-0.25, -0.2) is 13.6 Å². The molecule has 0 saturated heterocycles. The van der Waals surface area contributed by atoms with Gasteiger partial charge in [-0.15, -0.1) is 0 Å². The second-order valence-corrected chi connectivity index (χ2v) is 4.03. The summed E-state index contributed by atoms with van der Waals surface area (Å²) in [5, 5.41) is 0. The highest BCUT2D eigenvalue weighted by Crippen LogP contribution is 2.35. The van der Waals surface area contributed by atoms with Crippen molar-refractivity contribution in [1.29, 1.82) is 0 Å². The lowest BCUT2D eigenvalue weighted by atomic mass is 10.2. The molecule has 0 fully saturated rings. The fourth-order valence-corrected chi connectivity index (χ4v) is 1.76. The Labute approximate surface area is 112 Å². The molecular weight excluding hydrogens is 270 g/mol. The molecule has 2 aromatic rings. The molecule has 0 N–H and O–H groups in total. The minimum atomic E-state index is -0.976. The van der Waals surface area contributed by atoms with Crippen LogP contribution >= 0.6 is 0 Å². The number of rotatable bonds is 2. The zero-order valence-electron chi connectivity index (χ0n) is 10.1. The summed E-state index contributed by atoms with van der Waals surface area (Å²) in [5.74, 6) is -1.49. The minimum Gasteiger partial charge on any atom is -0.454 e. The van der Waals surface area contributed by atoms with E-state index in [9.17, 15) is 13.6 Å². The van der Waals surface area contributed by atoms with Gasteiger partial charge in [0, 0.05) is 12.1 Å². The van der Waals surface area contributed by atoms with Crippen molar-refractivity contribution in [2.75, 3.05) is 6.79 Å². The summed E-state index contributed by atoms with van der Waals surface area (Å²) in [7, 11) is 0. The van der Waals surface area contributed by atoms with Crippen molar-refractivity contribution in [1.82, 2.24) is 0 Å². The summed E-state index contributed by atoms with van der Waals surface area (Å²) in [6, 6.07) is 7.16. The van der Waals surface area contributed by atoms with E-state index in [1.807, 2.05) is 0 Å². The van der Waals surface area contributed by atoms with Gasteiger partial charge in [-0.05, 0) is 24.3 Å². The van der Waals surface area contributed by atoms with E-state index in [1.54, 1.807) is 6.07 Å². The average Bonchev–Trinajstić information content (AvgIpc) is 2.85. The van der Waals surface area contributed by atoms with Crippen LogP contribution < -0.4 is 14.2 Å². The predicted octanol–water partition coefficient (Wildman–Crippen LogP) is 2.91. The fourth-order valence-electron chi connectivity index (χ4n) is 1.76. The second-order valence-electron chi connectivity index (χ2n) is 4.03. The van der Waals surface area contributed by atoms with Crippen molar-refractivity contribution >= 4 is 5.97 Å². The Kier molecular flexibility index (Phi) is 2.98. The third kappa shape index (κ3) is 2.27. The molecule has 3 rings (SSSR count). The molecular formula is C14H8F2O4. The smallest absolute Gasteiger partial charge is 0.346 e. The number of carbonyl (C=O) groups is 1. The van der Waals surface area contributed by atoms with Gasteiger partial charge in [-0.3, -0.25) is 0 Å². The van der Waals surface area contributed by atoms with Gasteiger partial charge < -0.3 is 14.2 Å². The second kappa shape index (κ2) is 4.80. The Hall–Kier alpha value is -2.63. The van der Waals surface area contributed by atoms with Crippen LogP contribution in [0.5, 0.6) is 17.2 Å². The molecule has 0 aromatic heterocycles. The highest BCUT2D eigenvalue weighted by molar-refractivity contribution is 5.91. The quantitative estimate of drug-likeness (QED) is 0.626. The zero-order chi connectivity index (χ0) is 14.1. The van der Waals surface area contributed by atoms with Gasteiger partial charge in [0.2, 0.25) is 6.79 Å². The Morgan fingerprint density at radius 3 is 2.65 bits per heavy atom. The first kappa shape index (κ1) is 12.4.